The fourth-order valence-electron chi connectivity index (χ4n) is 2.62. The zero-order chi connectivity index (χ0) is 25.0. The summed E-state index contributed by atoms with van der Waals surface area (Å²) in [7, 11) is 0. The van der Waals surface area contributed by atoms with Crippen molar-refractivity contribution in [3.05, 3.63) is 53.6 Å². The van der Waals surface area contributed by atoms with Crippen LogP contribution in [0.5, 0.6) is 0 Å². The lowest BCUT2D eigenvalue weighted by Gasteiger charge is -2.22. The summed E-state index contributed by atoms with van der Waals surface area (Å²) in [5.74, 6) is -0.926. The standard InChI is InChI=1S/C18H14F3N5O2.C2H3F3/c1-17(28,10-26-15-5-3-2-4-14(15)24-25-26)16(27)23-12-7-6-11(9-22)13(8-12)18(19,20)21;1-2(3,4)5/h2-8,28H,10H2,1H3,(H,23,27);1H3/t17-;/m0./s1. The maximum Gasteiger partial charge on any atom is 0.417 e. The number of nitrogens with one attached hydrogen (secondary N) is 1. The predicted octanol–water partition coefficient (Wildman–Crippen LogP) is 4.28. The monoisotopic (exact) mass is 473 g/mol. The first-order chi connectivity index (χ1) is 15.1. The van der Waals surface area contributed by atoms with Crippen LogP contribution >= 0.6 is 0 Å². The van der Waals surface area contributed by atoms with Gasteiger partial charge in [-0.25, -0.2) is 4.68 Å². The van der Waals surface area contributed by atoms with Gasteiger partial charge in [0.2, 0.25) is 0 Å². The van der Waals surface area contributed by atoms with E-state index in [-0.39, 0.29) is 19.2 Å². The van der Waals surface area contributed by atoms with Gasteiger partial charge in [-0.1, -0.05) is 17.3 Å². The normalized spacial score (nSPS) is 13.5. The van der Waals surface area contributed by atoms with Gasteiger partial charge in [0.1, 0.15) is 5.52 Å². The lowest BCUT2D eigenvalue weighted by Crippen LogP contribution is -2.44. The largest absolute Gasteiger partial charge is 0.417 e. The molecule has 1 heterocycles. The number of amides is 1. The van der Waals surface area contributed by atoms with Crippen molar-refractivity contribution in [3.63, 3.8) is 0 Å². The molecule has 1 aromatic heterocycles. The molecular weight excluding hydrogens is 456 g/mol. The third kappa shape index (κ3) is 7.18. The average Bonchev–Trinajstić information content (AvgIpc) is 3.08. The van der Waals surface area contributed by atoms with Gasteiger partial charge in [-0.2, -0.15) is 31.6 Å². The SMILES string of the molecule is CC(F)(F)F.C[C@](O)(Cn1nnc2ccccc21)C(=O)Nc1ccc(C#N)c(C(F)(F)F)c1. The molecular formula is C20H17F6N5O2. The van der Waals surface area contributed by atoms with Crippen LogP contribution < -0.4 is 5.32 Å². The van der Waals surface area contributed by atoms with E-state index in [1.54, 1.807) is 24.3 Å². The second-order valence-corrected chi connectivity index (χ2v) is 7.11. The Kier molecular flexibility index (Phi) is 7.33. The van der Waals surface area contributed by atoms with Crippen molar-refractivity contribution < 1.29 is 36.2 Å². The van der Waals surface area contributed by atoms with E-state index in [0.717, 1.165) is 12.1 Å². The molecule has 0 fully saturated rings. The van der Waals surface area contributed by atoms with Gasteiger partial charge in [-0.05, 0) is 37.3 Å². The topological polar surface area (TPSA) is 104 Å². The first-order valence-electron chi connectivity index (χ1n) is 9.12. The molecule has 3 aromatic rings. The molecule has 2 aromatic carbocycles. The highest BCUT2D eigenvalue weighted by atomic mass is 19.4. The number of rotatable bonds is 4. The molecule has 0 saturated heterocycles. The second kappa shape index (κ2) is 9.45. The second-order valence-electron chi connectivity index (χ2n) is 7.11. The van der Waals surface area contributed by atoms with Crippen LogP contribution in [0.4, 0.5) is 32.0 Å². The molecule has 0 spiro atoms. The molecule has 0 unspecified atom stereocenters. The molecule has 7 nitrogen and oxygen atoms in total. The number of nitrogens with zero attached hydrogens (tertiary/aromatic N) is 4. The number of anilines is 1. The van der Waals surface area contributed by atoms with Crippen LogP contribution in [0.2, 0.25) is 0 Å². The molecule has 0 saturated carbocycles. The van der Waals surface area contributed by atoms with Crippen molar-refractivity contribution >= 4 is 22.6 Å². The number of hydrogen-bond donors (Lipinski definition) is 2. The lowest BCUT2D eigenvalue weighted by molar-refractivity contribution is -0.138. The number of alkyl halides is 6. The highest BCUT2D eigenvalue weighted by Crippen LogP contribution is 2.33. The number of aromatic nitrogens is 3. The van der Waals surface area contributed by atoms with Crippen LogP contribution in [0.3, 0.4) is 0 Å². The molecule has 0 aliphatic carbocycles. The Bertz CT molecular complexity index is 1170. The zero-order valence-electron chi connectivity index (χ0n) is 17.2. The van der Waals surface area contributed by atoms with Gasteiger partial charge < -0.3 is 10.4 Å². The summed E-state index contributed by atoms with van der Waals surface area (Å²) >= 11 is 0. The Balaban J connectivity index is 0.000000696. The molecule has 0 bridgehead atoms. The van der Waals surface area contributed by atoms with Crippen LogP contribution in [-0.4, -0.2) is 37.8 Å². The number of para-hydroxylation sites is 1. The van der Waals surface area contributed by atoms with Crippen molar-refractivity contribution in [1.82, 2.24) is 15.0 Å². The maximum atomic E-state index is 13.1. The molecule has 0 aliphatic heterocycles. The van der Waals surface area contributed by atoms with E-state index in [0.29, 0.717) is 17.1 Å². The number of fused-ring (bicyclic) bond motifs is 1. The fourth-order valence-corrected chi connectivity index (χ4v) is 2.62. The Morgan fingerprint density at radius 1 is 1.12 bits per heavy atom. The lowest BCUT2D eigenvalue weighted by atomic mass is 10.0. The van der Waals surface area contributed by atoms with Gasteiger partial charge in [-0.15, -0.1) is 5.10 Å². The number of carbonyl (C=O) groups is 1. The molecule has 1 atom stereocenters. The third-order valence-corrected chi connectivity index (χ3v) is 4.07. The fraction of sp³-hybridized carbons (Fsp3) is 0.300. The molecule has 1 amide bonds. The summed E-state index contributed by atoms with van der Waals surface area (Å²) in [6.45, 7) is 1.14. The minimum atomic E-state index is -4.76. The van der Waals surface area contributed by atoms with Crippen LogP contribution in [0.15, 0.2) is 42.5 Å². The molecule has 2 N–H and O–H groups in total. The zero-order valence-corrected chi connectivity index (χ0v) is 17.2. The minimum absolute atomic E-state index is 0.188. The van der Waals surface area contributed by atoms with Crippen LogP contribution in [0.1, 0.15) is 25.0 Å². The summed E-state index contributed by atoms with van der Waals surface area (Å²) in [5, 5.41) is 29.4. The quantitative estimate of drug-likeness (QED) is 0.551. The highest BCUT2D eigenvalue weighted by molar-refractivity contribution is 5.97. The van der Waals surface area contributed by atoms with Gasteiger partial charge in [0.15, 0.2) is 5.60 Å². The number of nitriles is 1. The van der Waals surface area contributed by atoms with Gasteiger partial charge >= 0.3 is 12.4 Å². The summed E-state index contributed by atoms with van der Waals surface area (Å²) in [6.07, 6.45) is -8.76. The van der Waals surface area contributed by atoms with Crippen molar-refractivity contribution in [1.29, 1.82) is 5.26 Å². The van der Waals surface area contributed by atoms with Crippen LogP contribution in [0.25, 0.3) is 11.0 Å². The number of benzene rings is 2. The number of carbonyl (C=O) groups excluding carboxylic acids is 1. The molecule has 13 heteroatoms. The van der Waals surface area contributed by atoms with Gasteiger partial charge in [0, 0.05) is 12.6 Å². The van der Waals surface area contributed by atoms with E-state index in [9.17, 15) is 36.2 Å². The number of hydrogen-bond acceptors (Lipinski definition) is 5. The van der Waals surface area contributed by atoms with Crippen molar-refractivity contribution in [2.24, 2.45) is 0 Å². The molecule has 0 radical (unpaired) electrons. The van der Waals surface area contributed by atoms with Crippen molar-refractivity contribution in [2.75, 3.05) is 5.32 Å². The van der Waals surface area contributed by atoms with Gasteiger partial charge in [-0.3, -0.25) is 4.79 Å². The van der Waals surface area contributed by atoms with E-state index in [1.807, 2.05) is 0 Å². The average molecular weight is 473 g/mol. The smallest absolute Gasteiger partial charge is 0.378 e. The van der Waals surface area contributed by atoms with E-state index in [2.05, 4.69) is 15.6 Å². The number of halogens is 6. The van der Waals surface area contributed by atoms with Gasteiger partial charge in [0.25, 0.3) is 5.91 Å². The van der Waals surface area contributed by atoms with Gasteiger partial charge in [0.05, 0.1) is 29.3 Å². The first-order valence-corrected chi connectivity index (χ1v) is 9.12. The van der Waals surface area contributed by atoms with E-state index in [4.69, 9.17) is 5.26 Å². The van der Waals surface area contributed by atoms with E-state index in [1.165, 1.54) is 17.7 Å². The molecule has 3 rings (SSSR count). The van der Waals surface area contributed by atoms with Crippen molar-refractivity contribution in [3.8, 4) is 6.07 Å². The third-order valence-electron chi connectivity index (χ3n) is 4.07. The molecule has 176 valence electrons. The summed E-state index contributed by atoms with van der Waals surface area (Å²) in [6, 6.07) is 11.1. The predicted molar refractivity (Wildman–Crippen MR) is 105 cm³/mol. The Morgan fingerprint density at radius 3 is 2.30 bits per heavy atom. The highest BCUT2D eigenvalue weighted by Gasteiger charge is 2.35. The number of aliphatic hydroxyl groups is 1. The van der Waals surface area contributed by atoms with Crippen molar-refractivity contribution in [2.45, 2.75) is 38.3 Å². The Morgan fingerprint density at radius 2 is 1.73 bits per heavy atom. The van der Waals surface area contributed by atoms with E-state index >= 15 is 0 Å². The molecule has 0 aliphatic rings. The summed E-state index contributed by atoms with van der Waals surface area (Å²) in [5.41, 5.74) is -2.75. The Hall–Kier alpha value is -3.66. The van der Waals surface area contributed by atoms with E-state index < -0.39 is 35.0 Å². The summed E-state index contributed by atoms with van der Waals surface area (Å²) in [4.78, 5) is 12.4. The molecule has 33 heavy (non-hydrogen) atoms. The Labute approximate surface area is 183 Å². The van der Waals surface area contributed by atoms with Crippen LogP contribution in [0, 0.1) is 11.3 Å². The maximum absolute atomic E-state index is 13.1. The summed E-state index contributed by atoms with van der Waals surface area (Å²) < 4.78 is 71.6. The first kappa shape index (κ1) is 25.6. The minimum Gasteiger partial charge on any atom is -0.378 e. The van der Waals surface area contributed by atoms with Crippen LogP contribution in [-0.2, 0) is 17.5 Å².